The maximum atomic E-state index is 10.8. The predicted molar refractivity (Wildman–Crippen MR) is 63.0 cm³/mol. The second-order valence-corrected chi connectivity index (χ2v) is 9.05. The average molecular weight is 218 g/mol. The fraction of sp³-hybridized carbons (Fsp3) is 0.273. The molecule has 3 nitrogen and oxygen atoms in total. The third-order valence-electron chi connectivity index (χ3n) is 1.61. The summed E-state index contributed by atoms with van der Waals surface area (Å²) < 4.78 is 0. The van der Waals surface area contributed by atoms with Crippen molar-refractivity contribution >= 4 is 14.0 Å². The van der Waals surface area contributed by atoms with Crippen molar-refractivity contribution in [3.05, 3.63) is 29.6 Å². The van der Waals surface area contributed by atoms with Crippen LogP contribution in [0.15, 0.2) is 18.3 Å². The van der Waals surface area contributed by atoms with Crippen LogP contribution in [0.5, 0.6) is 0 Å². The van der Waals surface area contributed by atoms with Gasteiger partial charge in [0.15, 0.2) is 0 Å². The highest BCUT2D eigenvalue weighted by Gasteiger charge is 2.07. The molecule has 0 unspecified atom stereocenters. The summed E-state index contributed by atoms with van der Waals surface area (Å²) in [6.07, 6.45) is 1.45. The first-order chi connectivity index (χ1) is 6.88. The van der Waals surface area contributed by atoms with Gasteiger partial charge in [-0.05, 0) is 12.1 Å². The number of nitrogens with two attached hydrogens (primary N) is 1. The maximum absolute atomic E-state index is 10.8. The lowest BCUT2D eigenvalue weighted by molar-refractivity contribution is 0.1000. The predicted octanol–water partition coefficient (Wildman–Crippen LogP) is 1.41. The summed E-state index contributed by atoms with van der Waals surface area (Å²) in [4.78, 5) is 14.8. The number of aromatic nitrogens is 1. The van der Waals surface area contributed by atoms with Crippen molar-refractivity contribution in [3.8, 4) is 11.5 Å². The van der Waals surface area contributed by atoms with Gasteiger partial charge in [-0.1, -0.05) is 25.6 Å². The van der Waals surface area contributed by atoms with E-state index < -0.39 is 14.0 Å². The highest BCUT2D eigenvalue weighted by Crippen LogP contribution is 2.00. The molecule has 0 aliphatic rings. The Labute approximate surface area is 90.7 Å². The topological polar surface area (TPSA) is 56.0 Å². The zero-order valence-corrected chi connectivity index (χ0v) is 10.2. The molecule has 0 atom stereocenters. The molecule has 0 saturated carbocycles. The third kappa shape index (κ3) is 3.96. The van der Waals surface area contributed by atoms with E-state index in [0.717, 1.165) is 0 Å². The van der Waals surface area contributed by atoms with Crippen LogP contribution in [0.3, 0.4) is 0 Å². The summed E-state index contributed by atoms with van der Waals surface area (Å²) in [7, 11) is -1.37. The number of amides is 1. The Hall–Kier alpha value is -1.60. The Balaban J connectivity index is 2.89. The monoisotopic (exact) mass is 218 g/mol. The molecule has 0 fully saturated rings. The molecule has 1 aromatic heterocycles. The van der Waals surface area contributed by atoms with E-state index in [1.54, 1.807) is 12.1 Å². The molecule has 0 spiro atoms. The van der Waals surface area contributed by atoms with Gasteiger partial charge in [0.05, 0.1) is 5.56 Å². The van der Waals surface area contributed by atoms with Crippen molar-refractivity contribution in [2.45, 2.75) is 19.6 Å². The summed E-state index contributed by atoms with van der Waals surface area (Å²) in [6, 6.07) is 3.36. The Morgan fingerprint density at radius 3 is 2.47 bits per heavy atom. The molecule has 0 aromatic carbocycles. The van der Waals surface area contributed by atoms with Crippen LogP contribution in [0, 0.1) is 11.5 Å². The van der Waals surface area contributed by atoms with E-state index in [0.29, 0.717) is 11.3 Å². The van der Waals surface area contributed by atoms with Crippen molar-refractivity contribution in [2.24, 2.45) is 5.73 Å². The van der Waals surface area contributed by atoms with Gasteiger partial charge in [-0.2, -0.15) is 0 Å². The number of hydrogen-bond donors (Lipinski definition) is 1. The Morgan fingerprint density at radius 1 is 1.40 bits per heavy atom. The maximum Gasteiger partial charge on any atom is 0.250 e. The fourth-order valence-electron chi connectivity index (χ4n) is 0.865. The van der Waals surface area contributed by atoms with Gasteiger partial charge < -0.3 is 5.73 Å². The van der Waals surface area contributed by atoms with Gasteiger partial charge in [-0.3, -0.25) is 4.79 Å². The molecule has 1 rings (SSSR count). The average Bonchev–Trinajstić information content (AvgIpc) is 2.14. The first kappa shape index (κ1) is 11.5. The molecule has 0 bridgehead atoms. The van der Waals surface area contributed by atoms with E-state index in [1.807, 2.05) is 0 Å². The van der Waals surface area contributed by atoms with Gasteiger partial charge in [-0.25, -0.2) is 4.98 Å². The lowest BCUT2D eigenvalue weighted by atomic mass is 10.2. The summed E-state index contributed by atoms with van der Waals surface area (Å²) in [5.74, 6) is 2.53. The number of hydrogen-bond acceptors (Lipinski definition) is 2. The van der Waals surface area contributed by atoms with Gasteiger partial charge in [0.2, 0.25) is 5.91 Å². The Bertz CT molecular complexity index is 421. The standard InChI is InChI=1S/C11H14N2OSi/c1-15(2,3)7-6-10-5-4-9(8-13-10)11(12)14/h4-5,8H,1-3H3,(H2,12,14). The van der Waals surface area contributed by atoms with Crippen molar-refractivity contribution in [1.82, 2.24) is 4.98 Å². The zero-order valence-electron chi connectivity index (χ0n) is 9.16. The molecule has 0 aliphatic carbocycles. The van der Waals surface area contributed by atoms with Crippen LogP contribution in [0.2, 0.25) is 19.6 Å². The Morgan fingerprint density at radius 2 is 2.07 bits per heavy atom. The van der Waals surface area contributed by atoms with Crippen molar-refractivity contribution < 1.29 is 4.79 Å². The van der Waals surface area contributed by atoms with Crippen LogP contribution in [0.4, 0.5) is 0 Å². The van der Waals surface area contributed by atoms with E-state index >= 15 is 0 Å². The van der Waals surface area contributed by atoms with E-state index in [2.05, 4.69) is 36.1 Å². The normalized spacial score (nSPS) is 10.3. The molecule has 78 valence electrons. The minimum Gasteiger partial charge on any atom is -0.366 e. The minimum absolute atomic E-state index is 0.411. The molecule has 1 aromatic rings. The largest absolute Gasteiger partial charge is 0.366 e. The molecule has 0 saturated heterocycles. The number of carbonyl (C=O) groups is 1. The zero-order chi connectivity index (χ0) is 11.5. The van der Waals surface area contributed by atoms with Crippen molar-refractivity contribution in [1.29, 1.82) is 0 Å². The van der Waals surface area contributed by atoms with Crippen LogP contribution in [-0.2, 0) is 0 Å². The quantitative estimate of drug-likeness (QED) is 0.572. The second kappa shape index (κ2) is 4.28. The second-order valence-electron chi connectivity index (χ2n) is 4.30. The van der Waals surface area contributed by atoms with Crippen molar-refractivity contribution in [3.63, 3.8) is 0 Å². The van der Waals surface area contributed by atoms with Crippen molar-refractivity contribution in [2.75, 3.05) is 0 Å². The van der Waals surface area contributed by atoms with Crippen LogP contribution >= 0.6 is 0 Å². The molecule has 4 heteroatoms. The number of carbonyl (C=O) groups excluding carboxylic acids is 1. The SMILES string of the molecule is C[Si](C)(C)C#Cc1ccc(C(N)=O)cn1. The molecule has 2 N–H and O–H groups in total. The third-order valence-corrected chi connectivity index (χ3v) is 2.49. The molecule has 0 aliphatic heterocycles. The number of primary amides is 1. The molecule has 0 radical (unpaired) electrons. The number of pyridine rings is 1. The first-order valence-corrected chi connectivity index (χ1v) is 8.17. The van der Waals surface area contributed by atoms with E-state index in [4.69, 9.17) is 5.73 Å². The van der Waals surface area contributed by atoms with E-state index in [9.17, 15) is 4.79 Å². The fourth-order valence-corrected chi connectivity index (χ4v) is 1.37. The summed E-state index contributed by atoms with van der Waals surface area (Å²) in [5.41, 5.74) is 9.39. The number of rotatable bonds is 1. The van der Waals surface area contributed by atoms with Crippen LogP contribution in [0.1, 0.15) is 16.1 Å². The van der Waals surface area contributed by atoms with Gasteiger partial charge in [0.1, 0.15) is 13.8 Å². The van der Waals surface area contributed by atoms with E-state index in [-0.39, 0.29) is 0 Å². The molecule has 1 heterocycles. The summed E-state index contributed by atoms with van der Waals surface area (Å²) in [6.45, 7) is 6.49. The molecular weight excluding hydrogens is 204 g/mol. The van der Waals surface area contributed by atoms with Gasteiger partial charge >= 0.3 is 0 Å². The van der Waals surface area contributed by atoms with E-state index in [1.165, 1.54) is 6.20 Å². The summed E-state index contributed by atoms with van der Waals surface area (Å²) >= 11 is 0. The van der Waals surface area contributed by atoms with Gasteiger partial charge in [-0.15, -0.1) is 5.54 Å². The van der Waals surface area contributed by atoms with Gasteiger partial charge in [0.25, 0.3) is 0 Å². The van der Waals surface area contributed by atoms with Gasteiger partial charge in [0, 0.05) is 6.20 Å². The highest BCUT2D eigenvalue weighted by atomic mass is 28.3. The summed E-state index contributed by atoms with van der Waals surface area (Å²) in [5, 5.41) is 0. The highest BCUT2D eigenvalue weighted by molar-refractivity contribution is 6.83. The smallest absolute Gasteiger partial charge is 0.250 e. The molecule has 15 heavy (non-hydrogen) atoms. The Kier molecular flexibility index (Phi) is 3.27. The minimum atomic E-state index is -1.37. The van der Waals surface area contributed by atoms with Crippen LogP contribution < -0.4 is 5.73 Å². The number of nitrogens with zero attached hydrogens (tertiary/aromatic N) is 1. The lowest BCUT2D eigenvalue weighted by Gasteiger charge is -2.03. The molecular formula is C11H14N2OSi. The lowest BCUT2D eigenvalue weighted by Crippen LogP contribution is -2.16. The van der Waals surface area contributed by atoms with Crippen LogP contribution in [0.25, 0.3) is 0 Å². The first-order valence-electron chi connectivity index (χ1n) is 4.67. The van der Waals surface area contributed by atoms with Crippen LogP contribution in [-0.4, -0.2) is 19.0 Å². The molecule has 1 amide bonds.